The summed E-state index contributed by atoms with van der Waals surface area (Å²) in [6.07, 6.45) is 0. The number of ether oxygens (including phenoxy) is 1. The molecule has 2 aromatic carbocycles. The maximum atomic E-state index is 10.7. The number of anilines is 2. The molecule has 92 valence electrons. The lowest BCUT2D eigenvalue weighted by atomic mass is 10.2. The van der Waals surface area contributed by atoms with E-state index in [0.29, 0.717) is 0 Å². The summed E-state index contributed by atoms with van der Waals surface area (Å²) < 4.78 is 5.13. The highest BCUT2D eigenvalue weighted by Crippen LogP contribution is 2.21. The third kappa shape index (κ3) is 2.79. The maximum Gasteiger partial charge on any atom is 0.335 e. The topological polar surface area (TPSA) is 58.6 Å². The van der Waals surface area contributed by atoms with Gasteiger partial charge in [0.25, 0.3) is 0 Å². The molecule has 0 atom stereocenters. The first kappa shape index (κ1) is 12.0. The molecular formula is C14H13NO3. The van der Waals surface area contributed by atoms with Gasteiger partial charge in [0.2, 0.25) is 0 Å². The fourth-order valence-electron chi connectivity index (χ4n) is 1.56. The van der Waals surface area contributed by atoms with Gasteiger partial charge < -0.3 is 15.2 Å². The number of carboxylic acid groups (broad SMARTS) is 1. The zero-order chi connectivity index (χ0) is 13.0. The minimum atomic E-state index is -0.928. The van der Waals surface area contributed by atoms with Crippen LogP contribution in [0, 0.1) is 0 Å². The second-order valence-corrected chi connectivity index (χ2v) is 3.74. The standard InChI is InChI=1S/C14H13NO3/c1-18-13-4-2-3-12(9-13)15-11-7-5-10(6-8-11)14(16)17/h2-9,15H,1H3,(H,16,17). The van der Waals surface area contributed by atoms with Crippen LogP contribution in [0.1, 0.15) is 10.4 Å². The number of benzene rings is 2. The van der Waals surface area contributed by atoms with Crippen molar-refractivity contribution in [3.63, 3.8) is 0 Å². The van der Waals surface area contributed by atoms with E-state index < -0.39 is 5.97 Å². The number of hydrogen-bond donors (Lipinski definition) is 2. The lowest BCUT2D eigenvalue weighted by molar-refractivity contribution is 0.0697. The number of nitrogens with one attached hydrogen (secondary N) is 1. The molecule has 18 heavy (non-hydrogen) atoms. The van der Waals surface area contributed by atoms with Crippen LogP contribution in [0.4, 0.5) is 11.4 Å². The van der Waals surface area contributed by atoms with Crippen molar-refractivity contribution in [2.75, 3.05) is 12.4 Å². The number of methoxy groups -OCH3 is 1. The summed E-state index contributed by atoms with van der Waals surface area (Å²) in [5.41, 5.74) is 1.98. The van der Waals surface area contributed by atoms with Gasteiger partial charge >= 0.3 is 5.97 Å². The molecule has 2 rings (SSSR count). The van der Waals surface area contributed by atoms with Gasteiger partial charge in [0.1, 0.15) is 5.75 Å². The molecule has 0 aromatic heterocycles. The van der Waals surface area contributed by atoms with Gasteiger partial charge in [0.05, 0.1) is 12.7 Å². The molecule has 0 heterocycles. The third-order valence-electron chi connectivity index (χ3n) is 2.49. The van der Waals surface area contributed by atoms with Gasteiger partial charge in [-0.1, -0.05) is 6.07 Å². The van der Waals surface area contributed by atoms with E-state index in [1.165, 1.54) is 0 Å². The van der Waals surface area contributed by atoms with E-state index in [2.05, 4.69) is 5.32 Å². The molecule has 0 amide bonds. The monoisotopic (exact) mass is 243 g/mol. The zero-order valence-corrected chi connectivity index (χ0v) is 9.88. The molecule has 0 spiro atoms. The lowest BCUT2D eigenvalue weighted by Gasteiger charge is -2.08. The van der Waals surface area contributed by atoms with Crippen molar-refractivity contribution in [1.82, 2.24) is 0 Å². The molecule has 4 nitrogen and oxygen atoms in total. The second-order valence-electron chi connectivity index (χ2n) is 3.74. The van der Waals surface area contributed by atoms with Gasteiger partial charge in [-0.3, -0.25) is 0 Å². The molecule has 0 aliphatic heterocycles. The predicted molar refractivity (Wildman–Crippen MR) is 69.7 cm³/mol. The summed E-state index contributed by atoms with van der Waals surface area (Å²) in [5, 5.41) is 12.0. The summed E-state index contributed by atoms with van der Waals surface area (Å²) in [7, 11) is 1.61. The van der Waals surface area contributed by atoms with Gasteiger partial charge in [-0.25, -0.2) is 4.79 Å². The summed E-state index contributed by atoms with van der Waals surface area (Å²) in [4.78, 5) is 10.7. The highest BCUT2D eigenvalue weighted by molar-refractivity contribution is 5.88. The van der Waals surface area contributed by atoms with Crippen LogP contribution in [-0.4, -0.2) is 18.2 Å². The van der Waals surface area contributed by atoms with E-state index >= 15 is 0 Å². The summed E-state index contributed by atoms with van der Waals surface area (Å²) >= 11 is 0. The quantitative estimate of drug-likeness (QED) is 0.866. The van der Waals surface area contributed by atoms with E-state index in [4.69, 9.17) is 9.84 Å². The van der Waals surface area contributed by atoms with E-state index in [-0.39, 0.29) is 5.56 Å². The van der Waals surface area contributed by atoms with Crippen LogP contribution < -0.4 is 10.1 Å². The van der Waals surface area contributed by atoms with Crippen LogP contribution in [0.25, 0.3) is 0 Å². The van der Waals surface area contributed by atoms with Crippen molar-refractivity contribution in [1.29, 1.82) is 0 Å². The summed E-state index contributed by atoms with van der Waals surface area (Å²) in [5.74, 6) is -0.162. The van der Waals surface area contributed by atoms with E-state index in [1.54, 1.807) is 31.4 Å². The largest absolute Gasteiger partial charge is 0.497 e. The zero-order valence-electron chi connectivity index (χ0n) is 9.88. The van der Waals surface area contributed by atoms with Gasteiger partial charge in [0.15, 0.2) is 0 Å². The van der Waals surface area contributed by atoms with Gasteiger partial charge in [0, 0.05) is 17.4 Å². The first-order valence-electron chi connectivity index (χ1n) is 5.43. The SMILES string of the molecule is COc1cccc(Nc2ccc(C(=O)O)cc2)c1. The van der Waals surface area contributed by atoms with Crippen molar-refractivity contribution in [3.8, 4) is 5.75 Å². The normalized spacial score (nSPS) is 9.83. The minimum Gasteiger partial charge on any atom is -0.497 e. The van der Waals surface area contributed by atoms with E-state index in [0.717, 1.165) is 17.1 Å². The second kappa shape index (κ2) is 5.23. The molecule has 2 aromatic rings. The average Bonchev–Trinajstić information content (AvgIpc) is 2.39. The van der Waals surface area contributed by atoms with Crippen molar-refractivity contribution in [3.05, 3.63) is 54.1 Å². The molecule has 0 saturated carbocycles. The fourth-order valence-corrected chi connectivity index (χ4v) is 1.56. The van der Waals surface area contributed by atoms with Crippen LogP contribution in [0.5, 0.6) is 5.75 Å². The third-order valence-corrected chi connectivity index (χ3v) is 2.49. The van der Waals surface area contributed by atoms with Crippen molar-refractivity contribution in [2.45, 2.75) is 0 Å². The Morgan fingerprint density at radius 3 is 2.44 bits per heavy atom. The Balaban J connectivity index is 2.15. The lowest BCUT2D eigenvalue weighted by Crippen LogP contribution is -1.96. The molecule has 0 aliphatic rings. The number of carboxylic acids is 1. The summed E-state index contributed by atoms with van der Waals surface area (Å²) in [6.45, 7) is 0. The number of aromatic carboxylic acids is 1. The molecule has 0 radical (unpaired) electrons. The molecule has 0 bridgehead atoms. The number of rotatable bonds is 4. The molecule has 4 heteroatoms. The molecule has 0 saturated heterocycles. The van der Waals surface area contributed by atoms with Gasteiger partial charge in [-0.05, 0) is 36.4 Å². The predicted octanol–water partition coefficient (Wildman–Crippen LogP) is 3.14. The van der Waals surface area contributed by atoms with Crippen LogP contribution in [-0.2, 0) is 0 Å². The Morgan fingerprint density at radius 1 is 1.11 bits per heavy atom. The average molecular weight is 243 g/mol. The Hall–Kier alpha value is -2.49. The molecule has 2 N–H and O–H groups in total. The Morgan fingerprint density at radius 2 is 1.83 bits per heavy atom. The van der Waals surface area contributed by atoms with Crippen LogP contribution in [0.3, 0.4) is 0 Å². The Labute approximate surface area is 105 Å². The summed E-state index contributed by atoms with van der Waals surface area (Å²) in [6, 6.07) is 14.1. The molecular weight excluding hydrogens is 230 g/mol. The molecule has 0 aliphatic carbocycles. The smallest absolute Gasteiger partial charge is 0.335 e. The van der Waals surface area contributed by atoms with E-state index in [9.17, 15) is 4.79 Å². The van der Waals surface area contributed by atoms with E-state index in [1.807, 2.05) is 24.3 Å². The highest BCUT2D eigenvalue weighted by atomic mass is 16.5. The minimum absolute atomic E-state index is 0.270. The maximum absolute atomic E-state index is 10.7. The number of carbonyl (C=O) groups is 1. The van der Waals surface area contributed by atoms with Gasteiger partial charge in [-0.15, -0.1) is 0 Å². The van der Waals surface area contributed by atoms with Crippen LogP contribution >= 0.6 is 0 Å². The van der Waals surface area contributed by atoms with Crippen molar-refractivity contribution >= 4 is 17.3 Å². The first-order valence-corrected chi connectivity index (χ1v) is 5.43. The van der Waals surface area contributed by atoms with Crippen molar-refractivity contribution < 1.29 is 14.6 Å². The fraction of sp³-hybridized carbons (Fsp3) is 0.0714. The Kier molecular flexibility index (Phi) is 3.48. The first-order chi connectivity index (χ1) is 8.69. The number of hydrogen-bond acceptors (Lipinski definition) is 3. The van der Waals surface area contributed by atoms with Crippen molar-refractivity contribution in [2.24, 2.45) is 0 Å². The van der Waals surface area contributed by atoms with Gasteiger partial charge in [-0.2, -0.15) is 0 Å². The Bertz CT molecular complexity index is 549. The van der Waals surface area contributed by atoms with Crippen LogP contribution in [0.15, 0.2) is 48.5 Å². The van der Waals surface area contributed by atoms with Crippen LogP contribution in [0.2, 0.25) is 0 Å². The highest BCUT2D eigenvalue weighted by Gasteiger charge is 2.02. The molecule has 0 unspecified atom stereocenters. The molecule has 0 fully saturated rings.